The van der Waals surface area contributed by atoms with Crippen molar-refractivity contribution in [2.24, 2.45) is 5.92 Å². The van der Waals surface area contributed by atoms with Gasteiger partial charge in [-0.25, -0.2) is 0 Å². The van der Waals surface area contributed by atoms with E-state index in [1.54, 1.807) is 11.3 Å². The number of hydrogen-bond acceptors (Lipinski definition) is 4. The molecule has 172 valence electrons. The van der Waals surface area contributed by atoms with Gasteiger partial charge in [0, 0.05) is 60.1 Å². The van der Waals surface area contributed by atoms with Crippen LogP contribution >= 0.6 is 22.9 Å². The molecule has 2 fully saturated rings. The Morgan fingerprint density at radius 3 is 2.61 bits per heavy atom. The first-order valence-electron chi connectivity index (χ1n) is 11.8. The Bertz CT molecular complexity index is 1130. The molecule has 2 aliphatic rings. The van der Waals surface area contributed by atoms with Gasteiger partial charge in [0.2, 0.25) is 0 Å². The standard InChI is InChI=1S/C27H29ClN2O2S/c1-18-5-10-30(11-6-18)27(31)21-2-3-23(24(28)14-21)26-16-22(17-33-26)20-4-9-29-25(15-20)19-7-12-32-13-8-19/h2-4,9,14-19H,5-8,10-13H2,1H3. The lowest BCUT2D eigenvalue weighted by atomic mass is 9.94. The third kappa shape index (κ3) is 5.01. The third-order valence-corrected chi connectivity index (χ3v) is 8.18. The van der Waals surface area contributed by atoms with Gasteiger partial charge in [0.05, 0.1) is 5.02 Å². The van der Waals surface area contributed by atoms with E-state index in [0.29, 0.717) is 22.4 Å². The molecule has 0 atom stereocenters. The number of piperidine rings is 1. The van der Waals surface area contributed by atoms with Crippen molar-refractivity contribution < 1.29 is 9.53 Å². The van der Waals surface area contributed by atoms with Gasteiger partial charge in [-0.3, -0.25) is 9.78 Å². The van der Waals surface area contributed by atoms with E-state index in [1.807, 2.05) is 29.3 Å². The highest BCUT2D eigenvalue weighted by Crippen LogP contribution is 2.38. The second-order valence-electron chi connectivity index (χ2n) is 9.23. The van der Waals surface area contributed by atoms with Crippen molar-refractivity contribution in [1.29, 1.82) is 0 Å². The Hall–Kier alpha value is -2.21. The minimum atomic E-state index is 0.0830. The van der Waals surface area contributed by atoms with Crippen molar-refractivity contribution in [2.75, 3.05) is 26.3 Å². The highest BCUT2D eigenvalue weighted by Gasteiger charge is 2.22. The lowest BCUT2D eigenvalue weighted by molar-refractivity contribution is 0.0697. The Kier molecular flexibility index (Phi) is 6.81. The molecule has 4 heterocycles. The third-order valence-electron chi connectivity index (χ3n) is 6.91. The zero-order valence-corrected chi connectivity index (χ0v) is 20.5. The van der Waals surface area contributed by atoms with Gasteiger partial charge in [-0.15, -0.1) is 11.3 Å². The molecule has 0 aliphatic carbocycles. The lowest BCUT2D eigenvalue weighted by Crippen LogP contribution is -2.37. The number of nitrogens with zero attached hydrogens (tertiary/aromatic N) is 2. The Morgan fingerprint density at radius 1 is 1.06 bits per heavy atom. The summed E-state index contributed by atoms with van der Waals surface area (Å²) in [7, 11) is 0. The van der Waals surface area contributed by atoms with E-state index < -0.39 is 0 Å². The summed E-state index contributed by atoms with van der Waals surface area (Å²) < 4.78 is 5.50. The molecule has 2 aliphatic heterocycles. The average molecular weight is 481 g/mol. The van der Waals surface area contributed by atoms with Crippen molar-refractivity contribution in [2.45, 2.75) is 38.5 Å². The summed E-state index contributed by atoms with van der Waals surface area (Å²) in [6.45, 7) is 5.53. The average Bonchev–Trinajstić information content (AvgIpc) is 3.35. The van der Waals surface area contributed by atoms with Crippen molar-refractivity contribution in [1.82, 2.24) is 9.88 Å². The summed E-state index contributed by atoms with van der Waals surface area (Å²) in [6.07, 6.45) is 6.11. The molecular weight excluding hydrogens is 452 g/mol. The Morgan fingerprint density at radius 2 is 1.85 bits per heavy atom. The van der Waals surface area contributed by atoms with Gasteiger partial charge in [0.25, 0.3) is 5.91 Å². The number of hydrogen-bond donors (Lipinski definition) is 0. The van der Waals surface area contributed by atoms with Crippen LogP contribution in [0.25, 0.3) is 21.6 Å². The minimum absolute atomic E-state index is 0.0830. The fourth-order valence-corrected chi connectivity index (χ4v) is 6.01. The maximum Gasteiger partial charge on any atom is 0.253 e. The molecule has 3 aromatic rings. The summed E-state index contributed by atoms with van der Waals surface area (Å²) in [6, 6.07) is 12.2. The van der Waals surface area contributed by atoms with Crippen LogP contribution in [0.2, 0.25) is 5.02 Å². The zero-order chi connectivity index (χ0) is 22.8. The topological polar surface area (TPSA) is 42.4 Å². The number of aromatic nitrogens is 1. The normalized spacial score (nSPS) is 17.9. The number of likely N-dealkylation sites (tertiary alicyclic amines) is 1. The fraction of sp³-hybridized carbons (Fsp3) is 0.407. The molecule has 33 heavy (non-hydrogen) atoms. The van der Waals surface area contributed by atoms with Gasteiger partial charge in [-0.2, -0.15) is 0 Å². The second-order valence-corrected chi connectivity index (χ2v) is 10.5. The lowest BCUT2D eigenvalue weighted by Gasteiger charge is -2.30. The van der Waals surface area contributed by atoms with E-state index in [1.165, 1.54) is 11.1 Å². The SMILES string of the molecule is CC1CCN(C(=O)c2ccc(-c3cc(-c4ccnc(C5CCOCC5)c4)cs3)c(Cl)c2)CC1. The summed E-state index contributed by atoms with van der Waals surface area (Å²) >= 11 is 8.34. The number of benzene rings is 1. The van der Waals surface area contributed by atoms with Crippen LogP contribution < -0.4 is 0 Å². The number of thiophene rings is 1. The molecule has 0 spiro atoms. The first-order valence-corrected chi connectivity index (χ1v) is 13.1. The van der Waals surface area contributed by atoms with Crippen LogP contribution in [-0.2, 0) is 4.74 Å². The Labute approximate surface area is 204 Å². The van der Waals surface area contributed by atoms with E-state index in [4.69, 9.17) is 16.3 Å². The molecule has 2 aromatic heterocycles. The summed E-state index contributed by atoms with van der Waals surface area (Å²) in [4.78, 5) is 20.6. The molecule has 4 nitrogen and oxygen atoms in total. The van der Waals surface area contributed by atoms with Gasteiger partial charge in [0.15, 0.2) is 0 Å². The monoisotopic (exact) mass is 480 g/mol. The van der Waals surface area contributed by atoms with Crippen molar-refractivity contribution >= 4 is 28.8 Å². The zero-order valence-electron chi connectivity index (χ0n) is 18.9. The molecule has 2 saturated heterocycles. The van der Waals surface area contributed by atoms with Crippen molar-refractivity contribution in [3.8, 4) is 21.6 Å². The Balaban J connectivity index is 1.34. The van der Waals surface area contributed by atoms with Crippen LogP contribution in [0.5, 0.6) is 0 Å². The van der Waals surface area contributed by atoms with Gasteiger partial charge in [0.1, 0.15) is 0 Å². The number of ether oxygens (including phenoxy) is 1. The van der Waals surface area contributed by atoms with Crippen LogP contribution in [0.3, 0.4) is 0 Å². The summed E-state index contributed by atoms with van der Waals surface area (Å²) in [5.41, 5.74) is 5.14. The quantitative estimate of drug-likeness (QED) is 0.408. The number of pyridine rings is 1. The van der Waals surface area contributed by atoms with Crippen molar-refractivity contribution in [3.05, 3.63) is 64.3 Å². The largest absolute Gasteiger partial charge is 0.381 e. The van der Waals surface area contributed by atoms with E-state index in [9.17, 15) is 4.79 Å². The molecule has 5 rings (SSSR count). The maximum atomic E-state index is 12.9. The predicted molar refractivity (Wildman–Crippen MR) is 135 cm³/mol. The molecule has 1 aromatic carbocycles. The van der Waals surface area contributed by atoms with Crippen LogP contribution in [0.15, 0.2) is 48.0 Å². The van der Waals surface area contributed by atoms with Crippen LogP contribution in [-0.4, -0.2) is 42.1 Å². The first-order chi connectivity index (χ1) is 16.1. The highest BCUT2D eigenvalue weighted by atomic mass is 35.5. The molecule has 0 unspecified atom stereocenters. The predicted octanol–water partition coefficient (Wildman–Crippen LogP) is 6.90. The number of carbonyl (C=O) groups is 1. The highest BCUT2D eigenvalue weighted by molar-refractivity contribution is 7.14. The van der Waals surface area contributed by atoms with Crippen LogP contribution in [0.4, 0.5) is 0 Å². The van der Waals surface area contributed by atoms with Gasteiger partial charge < -0.3 is 9.64 Å². The summed E-state index contributed by atoms with van der Waals surface area (Å²) in [5.74, 6) is 1.25. The fourth-order valence-electron chi connectivity index (χ4n) is 4.72. The van der Waals surface area contributed by atoms with E-state index in [0.717, 1.165) is 68.1 Å². The molecule has 0 bridgehead atoms. The smallest absolute Gasteiger partial charge is 0.253 e. The second kappa shape index (κ2) is 9.96. The van der Waals surface area contributed by atoms with E-state index >= 15 is 0 Å². The number of rotatable bonds is 4. The van der Waals surface area contributed by atoms with Gasteiger partial charge in [-0.1, -0.05) is 24.6 Å². The number of amides is 1. The van der Waals surface area contributed by atoms with Gasteiger partial charge in [-0.05, 0) is 78.4 Å². The molecule has 0 saturated carbocycles. The molecule has 1 amide bonds. The van der Waals surface area contributed by atoms with Crippen LogP contribution in [0, 0.1) is 5.92 Å². The van der Waals surface area contributed by atoms with E-state index in [2.05, 4.69) is 35.5 Å². The summed E-state index contributed by atoms with van der Waals surface area (Å²) in [5, 5.41) is 2.79. The molecular formula is C27H29ClN2O2S. The van der Waals surface area contributed by atoms with E-state index in [-0.39, 0.29) is 5.91 Å². The minimum Gasteiger partial charge on any atom is -0.381 e. The molecule has 0 N–H and O–H groups in total. The first kappa shape index (κ1) is 22.6. The molecule has 6 heteroatoms. The number of carbonyl (C=O) groups excluding carboxylic acids is 1. The van der Waals surface area contributed by atoms with Crippen LogP contribution in [0.1, 0.15) is 54.6 Å². The van der Waals surface area contributed by atoms with Crippen molar-refractivity contribution in [3.63, 3.8) is 0 Å². The van der Waals surface area contributed by atoms with Gasteiger partial charge >= 0.3 is 0 Å². The molecule has 0 radical (unpaired) electrons. The maximum absolute atomic E-state index is 12.9. The number of halogens is 1.